The lowest BCUT2D eigenvalue weighted by Crippen LogP contribution is -2.48. The molecule has 1 aromatic heterocycles. The number of benzene rings is 2. The van der Waals surface area contributed by atoms with Crippen LogP contribution < -0.4 is 15.4 Å². The summed E-state index contributed by atoms with van der Waals surface area (Å²) in [4.78, 5) is 2.57. The van der Waals surface area contributed by atoms with Crippen LogP contribution in [0.3, 0.4) is 0 Å². The molecule has 44 heavy (non-hydrogen) atoms. The lowest BCUT2D eigenvalue weighted by Gasteiger charge is -2.39. The Balaban J connectivity index is 1.31. The Morgan fingerprint density at radius 3 is 2.45 bits per heavy atom. The van der Waals surface area contributed by atoms with Crippen molar-refractivity contribution in [1.29, 1.82) is 0 Å². The molecule has 3 aromatic rings. The van der Waals surface area contributed by atoms with Crippen molar-refractivity contribution in [2.75, 3.05) is 55.1 Å². The van der Waals surface area contributed by atoms with Gasteiger partial charge in [-0.25, -0.2) is 8.42 Å². The fraction of sp³-hybridized carbons (Fsp3) is 0.484. The van der Waals surface area contributed by atoms with E-state index >= 15 is 0 Å². The molecule has 2 N–H and O–H groups in total. The Hall–Kier alpha value is -3.05. The van der Waals surface area contributed by atoms with Crippen LogP contribution in [0.4, 0.5) is 24.5 Å². The van der Waals surface area contributed by atoms with Gasteiger partial charge in [0.15, 0.2) is 9.84 Å². The van der Waals surface area contributed by atoms with Crippen molar-refractivity contribution in [3.63, 3.8) is 0 Å². The number of hydrogen-bond donors (Lipinski definition) is 2. The predicted molar refractivity (Wildman–Crippen MR) is 169 cm³/mol. The van der Waals surface area contributed by atoms with Crippen molar-refractivity contribution >= 4 is 43.3 Å². The van der Waals surface area contributed by atoms with E-state index in [1.165, 1.54) is 23.8 Å². The lowest BCUT2D eigenvalue weighted by molar-refractivity contribution is -0.140. The summed E-state index contributed by atoms with van der Waals surface area (Å²) in [7, 11) is -1.99. The van der Waals surface area contributed by atoms with Gasteiger partial charge in [0.2, 0.25) is 0 Å². The molecule has 0 unspecified atom stereocenters. The minimum atomic E-state index is -4.43. The Labute approximate surface area is 259 Å². The van der Waals surface area contributed by atoms with Crippen LogP contribution in [0, 0.1) is 11.8 Å². The van der Waals surface area contributed by atoms with Crippen molar-refractivity contribution in [3.05, 3.63) is 48.2 Å². The van der Waals surface area contributed by atoms with E-state index in [9.17, 15) is 26.1 Å². The molecule has 2 fully saturated rings. The van der Waals surface area contributed by atoms with Gasteiger partial charge in [0.1, 0.15) is 23.8 Å². The van der Waals surface area contributed by atoms with Gasteiger partial charge < -0.3 is 24.5 Å². The number of sulfone groups is 1. The first-order valence-electron chi connectivity index (χ1n) is 14.6. The fourth-order valence-electron chi connectivity index (χ4n) is 6.01. The average molecular weight is 651 g/mol. The first kappa shape index (κ1) is 32.3. The molecule has 0 atom stereocenters. The second kappa shape index (κ2) is 13.5. The third-order valence-corrected chi connectivity index (χ3v) is 10.6. The van der Waals surface area contributed by atoms with Crippen molar-refractivity contribution in [2.24, 2.45) is 0 Å². The van der Waals surface area contributed by atoms with Crippen molar-refractivity contribution in [2.45, 2.75) is 55.4 Å². The molecule has 1 aliphatic heterocycles. The summed E-state index contributed by atoms with van der Waals surface area (Å²) in [5.41, 5.74) is 2.01. The molecule has 1 saturated heterocycles. The van der Waals surface area contributed by atoms with E-state index in [4.69, 9.17) is 4.74 Å². The number of halogens is 3. The Kier molecular flexibility index (Phi) is 9.94. The number of fused-ring (bicyclic) bond motifs is 1. The van der Waals surface area contributed by atoms with Gasteiger partial charge >= 0.3 is 6.18 Å². The quantitative estimate of drug-likeness (QED) is 0.265. The summed E-state index contributed by atoms with van der Waals surface area (Å²) in [5, 5.41) is 7.34. The maximum atomic E-state index is 13.6. The molecule has 1 aliphatic carbocycles. The van der Waals surface area contributed by atoms with Gasteiger partial charge in [0.25, 0.3) is 0 Å². The van der Waals surface area contributed by atoms with Gasteiger partial charge in [0, 0.05) is 48.6 Å². The predicted octanol–water partition coefficient (Wildman–Crippen LogP) is 4.87. The molecule has 5 rings (SSSR count). The van der Waals surface area contributed by atoms with E-state index in [2.05, 4.69) is 27.4 Å². The van der Waals surface area contributed by atoms with Crippen LogP contribution in [-0.2, 0) is 27.6 Å². The van der Waals surface area contributed by atoms with Gasteiger partial charge in [-0.3, -0.25) is 4.90 Å². The third kappa shape index (κ3) is 7.96. The molecule has 8 nitrogen and oxygen atoms in total. The van der Waals surface area contributed by atoms with Crippen molar-refractivity contribution < 1.29 is 30.9 Å². The molecule has 0 spiro atoms. The summed E-state index contributed by atoms with van der Waals surface area (Å²) in [6, 6.07) is 12.2. The van der Waals surface area contributed by atoms with Crippen LogP contribution in [0.2, 0.25) is 0 Å². The highest BCUT2D eigenvalue weighted by atomic mass is 32.2. The van der Waals surface area contributed by atoms with Gasteiger partial charge in [0.05, 0.1) is 35.4 Å². The molecule has 13 heteroatoms. The number of alkyl halides is 3. The Bertz CT molecular complexity index is 1630. The third-order valence-electron chi connectivity index (χ3n) is 8.25. The van der Waals surface area contributed by atoms with E-state index in [-0.39, 0.29) is 23.2 Å². The highest BCUT2D eigenvalue weighted by Gasteiger charge is 2.31. The number of methoxy groups -OCH3 is 1. The highest BCUT2D eigenvalue weighted by molar-refractivity contribution is 7.91. The van der Waals surface area contributed by atoms with Crippen molar-refractivity contribution in [3.8, 4) is 17.6 Å². The molecule has 0 amide bonds. The number of aromatic nitrogens is 1. The Morgan fingerprint density at radius 1 is 1.07 bits per heavy atom. The second-order valence-corrected chi connectivity index (χ2v) is 15.0. The van der Waals surface area contributed by atoms with Gasteiger partial charge in [-0.1, -0.05) is 23.2 Å². The van der Waals surface area contributed by atoms with Crippen molar-refractivity contribution in [1.82, 2.24) is 9.47 Å². The molecule has 0 bridgehead atoms. The van der Waals surface area contributed by atoms with Crippen LogP contribution >= 0.6 is 0 Å². The molecule has 1 saturated carbocycles. The zero-order valence-electron chi connectivity index (χ0n) is 24.7. The first-order chi connectivity index (χ1) is 20.9. The SMILES string of the molecule is COc1cc(S(C)(=O)=O)ccc1NCC#Cc1cc2c(NC3CCC(N4CC[S+]([O-])CC4)CC3)cccc2n1CC(F)(F)F. The van der Waals surface area contributed by atoms with E-state index in [1.807, 2.05) is 6.07 Å². The summed E-state index contributed by atoms with van der Waals surface area (Å²) in [5.74, 6) is 7.61. The largest absolute Gasteiger partial charge is 0.616 e. The molecule has 238 valence electrons. The zero-order chi connectivity index (χ0) is 31.5. The van der Waals surface area contributed by atoms with Gasteiger partial charge in [-0.2, -0.15) is 13.2 Å². The normalized spacial score (nSPS) is 20.2. The number of ether oxygens (including phenoxy) is 1. The standard InChI is InChI=1S/C31H37F3N4O4S2/c1-42-30-20-25(44(2,40)41)12-13-28(30)35-14-4-5-24-19-26-27(6-3-7-29(26)38(24)21-31(32,33)34)36-22-8-10-23(11-9-22)37-15-17-43(39)18-16-37/h3,6-7,12-13,19-20,22-23,35-36H,8-11,14-18,21H2,1-2H3. The van der Waals surface area contributed by atoms with E-state index in [1.54, 1.807) is 24.3 Å². The Morgan fingerprint density at radius 2 is 1.80 bits per heavy atom. The number of nitrogens with one attached hydrogen (secondary N) is 2. The molecule has 2 aromatic carbocycles. The minimum absolute atomic E-state index is 0.101. The first-order valence-corrected chi connectivity index (χ1v) is 17.9. The summed E-state index contributed by atoms with van der Waals surface area (Å²) >= 11 is -0.699. The monoisotopic (exact) mass is 650 g/mol. The molecule has 2 aliphatic rings. The van der Waals surface area contributed by atoms with Crippen LogP contribution in [0.15, 0.2) is 47.4 Å². The van der Waals surface area contributed by atoms with E-state index < -0.39 is 33.7 Å². The number of rotatable bonds is 8. The summed E-state index contributed by atoms with van der Waals surface area (Å²) < 4.78 is 82.9. The smallest absolute Gasteiger partial charge is 0.406 e. The van der Waals surface area contributed by atoms with E-state index in [0.29, 0.717) is 28.4 Å². The van der Waals surface area contributed by atoms with Gasteiger partial charge in [-0.05, 0) is 61.9 Å². The molecular formula is C31H37F3N4O4S2. The number of anilines is 2. The minimum Gasteiger partial charge on any atom is -0.616 e. The van der Waals surface area contributed by atoms with Gasteiger partial charge in [-0.15, -0.1) is 0 Å². The highest BCUT2D eigenvalue weighted by Crippen LogP contribution is 2.33. The molecule has 2 heterocycles. The zero-order valence-corrected chi connectivity index (χ0v) is 26.4. The van der Waals surface area contributed by atoms with Crippen LogP contribution in [0.25, 0.3) is 10.9 Å². The summed E-state index contributed by atoms with van der Waals surface area (Å²) in [6.45, 7) is 0.695. The number of nitrogens with zero attached hydrogens (tertiary/aromatic N) is 2. The van der Waals surface area contributed by atoms with Crippen LogP contribution in [0.5, 0.6) is 5.75 Å². The fourth-order valence-corrected chi connectivity index (χ4v) is 7.73. The average Bonchev–Trinajstić information content (AvgIpc) is 3.32. The van der Waals surface area contributed by atoms with Crippen LogP contribution in [-0.4, -0.2) is 85.2 Å². The summed E-state index contributed by atoms with van der Waals surface area (Å²) in [6.07, 6.45) is 0.641. The molecule has 0 radical (unpaired) electrons. The molecular weight excluding hydrogens is 613 g/mol. The maximum absolute atomic E-state index is 13.6. The van der Waals surface area contributed by atoms with Crippen LogP contribution in [0.1, 0.15) is 31.4 Å². The number of hydrogen-bond acceptors (Lipinski definition) is 7. The second-order valence-electron chi connectivity index (χ2n) is 11.3. The van der Waals surface area contributed by atoms with E-state index in [0.717, 1.165) is 62.2 Å². The lowest BCUT2D eigenvalue weighted by atomic mass is 9.90. The topological polar surface area (TPSA) is 98.7 Å². The maximum Gasteiger partial charge on any atom is 0.406 e.